The van der Waals surface area contributed by atoms with Crippen LogP contribution in [0.15, 0.2) is 42.5 Å². The molecule has 0 bridgehead atoms. The fraction of sp³-hybridized carbons (Fsp3) is 0.318. The number of benzene rings is 2. The number of aryl methyl sites for hydroxylation is 1. The zero-order valence-electron chi connectivity index (χ0n) is 15.8. The van der Waals surface area contributed by atoms with Crippen LogP contribution in [-0.4, -0.2) is 23.6 Å². The molecule has 0 unspecified atom stereocenters. The number of amides is 1. The molecule has 142 valence electrons. The van der Waals surface area contributed by atoms with E-state index in [1.165, 1.54) is 22.2 Å². The number of halogens is 1. The van der Waals surface area contributed by atoms with Gasteiger partial charge in [-0.3, -0.25) is 4.79 Å². The van der Waals surface area contributed by atoms with Gasteiger partial charge in [0, 0.05) is 35.2 Å². The van der Waals surface area contributed by atoms with Crippen LogP contribution in [0.5, 0.6) is 0 Å². The average Bonchev–Trinajstić information content (AvgIpc) is 2.79. The number of hydrogen-bond acceptors (Lipinski definition) is 2. The van der Waals surface area contributed by atoms with Crippen molar-refractivity contribution in [2.24, 2.45) is 0 Å². The van der Waals surface area contributed by atoms with E-state index >= 15 is 0 Å². The molecule has 2 heterocycles. The Bertz CT molecular complexity index is 977. The normalized spacial score (nSPS) is 13.6. The highest BCUT2D eigenvalue weighted by Crippen LogP contribution is 2.28. The van der Waals surface area contributed by atoms with Crippen molar-refractivity contribution in [2.75, 3.05) is 18.4 Å². The largest absolute Gasteiger partial charge is 0.335 e. The minimum absolute atomic E-state index is 0. The molecule has 0 spiro atoms. The van der Waals surface area contributed by atoms with E-state index in [-0.39, 0.29) is 18.3 Å². The fourth-order valence-corrected chi connectivity index (χ4v) is 3.94. The quantitative estimate of drug-likeness (QED) is 0.717. The number of nitrogens with one attached hydrogen (secondary N) is 2. The number of rotatable bonds is 3. The van der Waals surface area contributed by atoms with Gasteiger partial charge in [-0.15, -0.1) is 12.4 Å². The maximum atomic E-state index is 12.8. The van der Waals surface area contributed by atoms with Crippen LogP contribution in [0, 0.1) is 13.8 Å². The second kappa shape index (κ2) is 8.15. The minimum Gasteiger partial charge on any atom is -0.335 e. The van der Waals surface area contributed by atoms with Crippen molar-refractivity contribution in [2.45, 2.75) is 33.2 Å². The van der Waals surface area contributed by atoms with Crippen LogP contribution in [0.2, 0.25) is 0 Å². The highest BCUT2D eigenvalue weighted by molar-refractivity contribution is 5.94. The van der Waals surface area contributed by atoms with Crippen LogP contribution >= 0.6 is 12.4 Å². The average molecular weight is 384 g/mol. The first-order chi connectivity index (χ1) is 12.6. The summed E-state index contributed by atoms with van der Waals surface area (Å²) < 4.78 is 2.21. The topological polar surface area (TPSA) is 46.1 Å². The number of para-hydroxylation sites is 1. The maximum absolute atomic E-state index is 12.8. The van der Waals surface area contributed by atoms with E-state index in [9.17, 15) is 4.79 Å². The van der Waals surface area contributed by atoms with Crippen LogP contribution in [0.25, 0.3) is 10.9 Å². The molecule has 1 aliphatic heterocycles. The van der Waals surface area contributed by atoms with Crippen LogP contribution < -0.4 is 10.6 Å². The summed E-state index contributed by atoms with van der Waals surface area (Å²) in [6.45, 7) is 6.42. The molecule has 0 aliphatic carbocycles. The SMILES string of the molecule is Cc1cccc(NC(=O)Cn2c3c(c4ccccc42)CCNCC3)c1C.Cl. The van der Waals surface area contributed by atoms with Crippen LogP contribution in [-0.2, 0) is 24.2 Å². The molecular formula is C22H26ClN3O. The summed E-state index contributed by atoms with van der Waals surface area (Å²) in [7, 11) is 0. The van der Waals surface area contributed by atoms with E-state index in [0.717, 1.165) is 42.7 Å². The van der Waals surface area contributed by atoms with E-state index in [1.807, 2.05) is 19.1 Å². The Morgan fingerprint density at radius 1 is 1.07 bits per heavy atom. The summed E-state index contributed by atoms with van der Waals surface area (Å²) in [6, 6.07) is 14.5. The zero-order valence-corrected chi connectivity index (χ0v) is 16.7. The highest BCUT2D eigenvalue weighted by Gasteiger charge is 2.20. The van der Waals surface area contributed by atoms with Crippen molar-refractivity contribution >= 4 is 34.9 Å². The van der Waals surface area contributed by atoms with Gasteiger partial charge < -0.3 is 15.2 Å². The molecule has 0 atom stereocenters. The summed E-state index contributed by atoms with van der Waals surface area (Å²) in [5.74, 6) is 0.0273. The number of anilines is 1. The van der Waals surface area contributed by atoms with E-state index in [2.05, 4.69) is 52.5 Å². The van der Waals surface area contributed by atoms with Gasteiger partial charge >= 0.3 is 0 Å². The molecule has 27 heavy (non-hydrogen) atoms. The molecule has 2 aromatic carbocycles. The molecule has 4 rings (SSSR count). The summed E-state index contributed by atoms with van der Waals surface area (Å²) in [5, 5.41) is 7.85. The van der Waals surface area contributed by atoms with Gasteiger partial charge in [0.25, 0.3) is 0 Å². The lowest BCUT2D eigenvalue weighted by Crippen LogP contribution is -2.22. The molecule has 2 N–H and O–H groups in total. The Labute approximate surface area is 166 Å². The van der Waals surface area contributed by atoms with Crippen molar-refractivity contribution < 1.29 is 4.79 Å². The Balaban J connectivity index is 0.00000210. The van der Waals surface area contributed by atoms with Gasteiger partial charge in [0.05, 0.1) is 0 Å². The third-order valence-corrected chi connectivity index (χ3v) is 5.46. The molecule has 1 aliphatic rings. The second-order valence-corrected chi connectivity index (χ2v) is 7.07. The van der Waals surface area contributed by atoms with Gasteiger partial charge in [-0.1, -0.05) is 30.3 Å². The Morgan fingerprint density at radius 3 is 2.70 bits per heavy atom. The van der Waals surface area contributed by atoms with Gasteiger partial charge in [0.2, 0.25) is 5.91 Å². The molecule has 1 aromatic heterocycles. The Hall–Kier alpha value is -2.30. The number of fused-ring (bicyclic) bond motifs is 3. The molecule has 0 saturated carbocycles. The summed E-state index contributed by atoms with van der Waals surface area (Å²) in [4.78, 5) is 12.8. The third kappa shape index (κ3) is 3.73. The lowest BCUT2D eigenvalue weighted by molar-refractivity contribution is -0.116. The number of nitrogens with zero attached hydrogens (tertiary/aromatic N) is 1. The maximum Gasteiger partial charge on any atom is 0.244 e. The van der Waals surface area contributed by atoms with Gasteiger partial charge in [-0.05, 0) is 55.6 Å². The predicted octanol–water partition coefficient (Wildman–Crippen LogP) is 4.01. The van der Waals surface area contributed by atoms with Crippen LogP contribution in [0.1, 0.15) is 22.4 Å². The van der Waals surface area contributed by atoms with Crippen molar-refractivity contribution in [1.82, 2.24) is 9.88 Å². The zero-order chi connectivity index (χ0) is 18.1. The van der Waals surface area contributed by atoms with Crippen molar-refractivity contribution in [3.05, 3.63) is 64.8 Å². The second-order valence-electron chi connectivity index (χ2n) is 7.07. The number of carbonyl (C=O) groups is 1. The van der Waals surface area contributed by atoms with Crippen molar-refractivity contribution in [3.63, 3.8) is 0 Å². The van der Waals surface area contributed by atoms with Crippen molar-refractivity contribution in [1.29, 1.82) is 0 Å². The lowest BCUT2D eigenvalue weighted by Gasteiger charge is -2.13. The first-order valence-corrected chi connectivity index (χ1v) is 9.31. The highest BCUT2D eigenvalue weighted by atomic mass is 35.5. The van der Waals surface area contributed by atoms with Gasteiger partial charge in [0.1, 0.15) is 6.54 Å². The Kier molecular flexibility index (Phi) is 5.88. The first kappa shape index (κ1) is 19.5. The molecule has 0 fully saturated rings. The third-order valence-electron chi connectivity index (χ3n) is 5.46. The smallest absolute Gasteiger partial charge is 0.244 e. The van der Waals surface area contributed by atoms with Crippen LogP contribution in [0.3, 0.4) is 0 Å². The predicted molar refractivity (Wildman–Crippen MR) is 114 cm³/mol. The van der Waals surface area contributed by atoms with Gasteiger partial charge in [-0.25, -0.2) is 0 Å². The van der Waals surface area contributed by atoms with Crippen molar-refractivity contribution in [3.8, 4) is 0 Å². The Morgan fingerprint density at radius 2 is 1.85 bits per heavy atom. The standard InChI is InChI=1S/C22H25N3O.ClH/c1-15-6-5-8-19(16(15)2)24-22(26)14-25-20-9-4-3-7-17(20)18-10-12-23-13-11-21(18)25;/h3-9,23H,10-14H2,1-2H3,(H,24,26);1H. The monoisotopic (exact) mass is 383 g/mol. The number of carbonyl (C=O) groups excluding carboxylic acids is 1. The van der Waals surface area contributed by atoms with Gasteiger partial charge in [-0.2, -0.15) is 0 Å². The fourth-order valence-electron chi connectivity index (χ4n) is 3.94. The van der Waals surface area contributed by atoms with E-state index in [1.54, 1.807) is 0 Å². The van der Waals surface area contributed by atoms with E-state index in [4.69, 9.17) is 0 Å². The number of hydrogen-bond donors (Lipinski definition) is 2. The molecular weight excluding hydrogens is 358 g/mol. The summed E-state index contributed by atoms with van der Waals surface area (Å²) in [6.07, 6.45) is 1.97. The molecule has 4 nitrogen and oxygen atoms in total. The van der Waals surface area contributed by atoms with E-state index in [0.29, 0.717) is 6.54 Å². The molecule has 5 heteroatoms. The molecule has 1 amide bonds. The summed E-state index contributed by atoms with van der Waals surface area (Å²) in [5.41, 5.74) is 7.07. The number of aromatic nitrogens is 1. The minimum atomic E-state index is 0. The lowest BCUT2D eigenvalue weighted by atomic mass is 10.1. The van der Waals surface area contributed by atoms with Gasteiger partial charge in [0.15, 0.2) is 0 Å². The van der Waals surface area contributed by atoms with Crippen LogP contribution in [0.4, 0.5) is 5.69 Å². The molecule has 3 aromatic rings. The molecule has 0 radical (unpaired) electrons. The van der Waals surface area contributed by atoms with E-state index < -0.39 is 0 Å². The first-order valence-electron chi connectivity index (χ1n) is 9.31. The molecule has 0 saturated heterocycles. The summed E-state index contributed by atoms with van der Waals surface area (Å²) >= 11 is 0.